The Labute approximate surface area is 92.0 Å². The molecule has 1 saturated heterocycles. The highest BCUT2D eigenvalue weighted by molar-refractivity contribution is 6.14. The molecule has 84 valence electrons. The summed E-state index contributed by atoms with van der Waals surface area (Å²) in [5, 5.41) is 0.337. The molecule has 14 heavy (non-hydrogen) atoms. The number of hydrogen-bond donors (Lipinski definition) is 0. The molecule has 1 aliphatic rings. The highest BCUT2D eigenvalue weighted by Crippen LogP contribution is 2.30. The van der Waals surface area contributed by atoms with E-state index in [2.05, 4.69) is 20.8 Å². The molecule has 0 aromatic carbocycles. The van der Waals surface area contributed by atoms with Gasteiger partial charge in [-0.1, -0.05) is 27.2 Å². The van der Waals surface area contributed by atoms with E-state index in [1.165, 1.54) is 48.8 Å². The molecule has 1 rings (SSSR count). The average Bonchev–Trinajstić information content (AvgIpc) is 2.02. The standard InChI is InChI=1S/C12H26OSi/c1-11(2,3)7-6-9-12(14)8-4-5-10-13-12/h4-10H2,1-3,14H3. The summed E-state index contributed by atoms with van der Waals surface area (Å²) in [4.78, 5) is 0. The van der Waals surface area contributed by atoms with E-state index in [1.54, 1.807) is 0 Å². The molecule has 1 aliphatic heterocycles. The van der Waals surface area contributed by atoms with Gasteiger partial charge in [0.1, 0.15) is 0 Å². The molecule has 0 saturated carbocycles. The van der Waals surface area contributed by atoms with Gasteiger partial charge in [0, 0.05) is 22.1 Å². The molecule has 0 aromatic heterocycles. The normalized spacial score (nSPS) is 29.4. The van der Waals surface area contributed by atoms with Crippen LogP contribution in [0.2, 0.25) is 0 Å². The Kier molecular flexibility index (Phi) is 4.20. The zero-order valence-corrected chi connectivity index (χ0v) is 12.4. The second-order valence-electron chi connectivity index (χ2n) is 6.17. The summed E-state index contributed by atoms with van der Waals surface area (Å²) in [7, 11) is 1.21. The molecule has 2 heteroatoms. The Morgan fingerprint density at radius 2 is 2.00 bits per heavy atom. The van der Waals surface area contributed by atoms with Crippen molar-refractivity contribution in [2.24, 2.45) is 5.41 Å². The van der Waals surface area contributed by atoms with Crippen LogP contribution in [0.5, 0.6) is 0 Å². The van der Waals surface area contributed by atoms with Crippen molar-refractivity contribution >= 4 is 10.2 Å². The van der Waals surface area contributed by atoms with E-state index in [4.69, 9.17) is 4.74 Å². The first-order valence-corrected chi connectivity index (χ1v) is 7.05. The van der Waals surface area contributed by atoms with Gasteiger partial charge >= 0.3 is 0 Å². The van der Waals surface area contributed by atoms with Crippen molar-refractivity contribution in [3.63, 3.8) is 0 Å². The smallest absolute Gasteiger partial charge is 0.0486 e. The lowest BCUT2D eigenvalue weighted by Gasteiger charge is -2.35. The van der Waals surface area contributed by atoms with Crippen molar-refractivity contribution in [3.05, 3.63) is 0 Å². The Balaban J connectivity index is 2.22. The molecule has 1 unspecified atom stereocenters. The SMILES string of the molecule is CC(C)(C)CCCC1([SiH3])CCCCO1. The van der Waals surface area contributed by atoms with Crippen molar-refractivity contribution in [1.29, 1.82) is 0 Å². The quantitative estimate of drug-likeness (QED) is 0.656. The van der Waals surface area contributed by atoms with Crippen LogP contribution in [0, 0.1) is 5.41 Å². The Hall–Kier alpha value is 0.177. The van der Waals surface area contributed by atoms with Crippen molar-refractivity contribution in [1.82, 2.24) is 0 Å². The summed E-state index contributed by atoms with van der Waals surface area (Å²) < 4.78 is 5.94. The Morgan fingerprint density at radius 3 is 2.50 bits per heavy atom. The minimum absolute atomic E-state index is 0.337. The van der Waals surface area contributed by atoms with Gasteiger partial charge < -0.3 is 4.74 Å². The molecule has 1 nitrogen and oxygen atoms in total. The highest BCUT2D eigenvalue weighted by Gasteiger charge is 2.27. The molecule has 0 bridgehead atoms. The molecule has 0 aliphatic carbocycles. The lowest BCUT2D eigenvalue weighted by atomic mass is 9.88. The summed E-state index contributed by atoms with van der Waals surface area (Å²) in [5.41, 5.74) is 0.493. The second-order valence-corrected chi connectivity index (χ2v) is 7.99. The molecule has 1 atom stereocenters. The van der Waals surface area contributed by atoms with E-state index >= 15 is 0 Å². The van der Waals surface area contributed by atoms with Crippen LogP contribution < -0.4 is 0 Å². The third-order valence-electron chi connectivity index (χ3n) is 3.18. The zero-order chi connectivity index (χ0) is 10.7. The molecule has 0 amide bonds. The third kappa shape index (κ3) is 4.60. The lowest BCUT2D eigenvalue weighted by molar-refractivity contribution is -0.0250. The first kappa shape index (κ1) is 12.2. The van der Waals surface area contributed by atoms with Crippen molar-refractivity contribution < 1.29 is 4.74 Å². The van der Waals surface area contributed by atoms with Gasteiger partial charge in [-0.2, -0.15) is 0 Å². The first-order chi connectivity index (χ1) is 6.41. The van der Waals surface area contributed by atoms with Crippen LogP contribution in [-0.4, -0.2) is 22.1 Å². The van der Waals surface area contributed by atoms with E-state index < -0.39 is 0 Å². The predicted octanol–water partition coefficient (Wildman–Crippen LogP) is 2.47. The fourth-order valence-corrected chi connectivity index (χ4v) is 3.09. The minimum Gasteiger partial charge on any atom is -0.380 e. The van der Waals surface area contributed by atoms with Crippen molar-refractivity contribution in [2.45, 2.75) is 64.5 Å². The molecule has 1 fully saturated rings. The van der Waals surface area contributed by atoms with E-state index in [0.29, 0.717) is 10.6 Å². The molecular weight excluding hydrogens is 188 g/mol. The summed E-state index contributed by atoms with van der Waals surface area (Å²) in [6.45, 7) is 8.00. The van der Waals surface area contributed by atoms with Crippen LogP contribution in [-0.2, 0) is 4.74 Å². The predicted molar refractivity (Wildman–Crippen MR) is 65.8 cm³/mol. The Morgan fingerprint density at radius 1 is 1.29 bits per heavy atom. The van der Waals surface area contributed by atoms with Gasteiger partial charge in [-0.25, -0.2) is 0 Å². The molecule has 0 radical (unpaired) electrons. The van der Waals surface area contributed by atoms with Crippen LogP contribution in [0.4, 0.5) is 0 Å². The molecular formula is C12H26OSi. The molecule has 1 heterocycles. The third-order valence-corrected chi connectivity index (χ3v) is 4.47. The monoisotopic (exact) mass is 214 g/mol. The van der Waals surface area contributed by atoms with E-state index in [1.807, 2.05) is 0 Å². The van der Waals surface area contributed by atoms with Crippen LogP contribution in [0.15, 0.2) is 0 Å². The number of hydrogen-bond acceptors (Lipinski definition) is 1. The molecule has 0 aromatic rings. The maximum Gasteiger partial charge on any atom is 0.0486 e. The maximum atomic E-state index is 5.94. The number of ether oxygens (including phenoxy) is 1. The van der Waals surface area contributed by atoms with Crippen LogP contribution in [0.3, 0.4) is 0 Å². The van der Waals surface area contributed by atoms with Gasteiger partial charge in [-0.15, -0.1) is 0 Å². The number of rotatable bonds is 3. The zero-order valence-electron chi connectivity index (χ0n) is 10.4. The topological polar surface area (TPSA) is 9.23 Å². The van der Waals surface area contributed by atoms with Gasteiger partial charge in [-0.05, 0) is 37.5 Å². The molecule has 0 N–H and O–H groups in total. The van der Waals surface area contributed by atoms with E-state index in [9.17, 15) is 0 Å². The Bertz CT molecular complexity index is 166. The van der Waals surface area contributed by atoms with Gasteiger partial charge in [0.2, 0.25) is 0 Å². The molecule has 0 spiro atoms. The van der Waals surface area contributed by atoms with Crippen LogP contribution in [0.1, 0.15) is 59.3 Å². The fraction of sp³-hybridized carbons (Fsp3) is 1.00. The van der Waals surface area contributed by atoms with Crippen molar-refractivity contribution in [2.75, 3.05) is 6.61 Å². The summed E-state index contributed by atoms with van der Waals surface area (Å²) in [6.07, 6.45) is 7.97. The summed E-state index contributed by atoms with van der Waals surface area (Å²) in [6, 6.07) is 0. The summed E-state index contributed by atoms with van der Waals surface area (Å²) in [5.74, 6) is 0. The van der Waals surface area contributed by atoms with E-state index in [-0.39, 0.29) is 0 Å². The summed E-state index contributed by atoms with van der Waals surface area (Å²) >= 11 is 0. The average molecular weight is 214 g/mol. The van der Waals surface area contributed by atoms with Crippen LogP contribution >= 0.6 is 0 Å². The van der Waals surface area contributed by atoms with Gasteiger partial charge in [0.05, 0.1) is 0 Å². The highest BCUT2D eigenvalue weighted by atomic mass is 28.1. The van der Waals surface area contributed by atoms with Gasteiger partial charge in [0.25, 0.3) is 0 Å². The van der Waals surface area contributed by atoms with Gasteiger partial charge in [-0.3, -0.25) is 0 Å². The fourth-order valence-electron chi connectivity index (χ4n) is 2.18. The van der Waals surface area contributed by atoms with E-state index in [0.717, 1.165) is 6.61 Å². The minimum atomic E-state index is 0.337. The van der Waals surface area contributed by atoms with Gasteiger partial charge in [0.15, 0.2) is 0 Å². The second kappa shape index (κ2) is 4.80. The van der Waals surface area contributed by atoms with Crippen molar-refractivity contribution in [3.8, 4) is 0 Å². The van der Waals surface area contributed by atoms with Crippen LogP contribution in [0.25, 0.3) is 0 Å². The first-order valence-electron chi connectivity index (χ1n) is 6.05. The lowest BCUT2D eigenvalue weighted by Crippen LogP contribution is -2.36. The largest absolute Gasteiger partial charge is 0.380 e. The maximum absolute atomic E-state index is 5.94.